The maximum atomic E-state index is 13.3. The second kappa shape index (κ2) is 6.31. The van der Waals surface area contributed by atoms with Crippen LogP contribution in [0.1, 0.15) is 64.2 Å². The van der Waals surface area contributed by atoms with E-state index in [1.807, 2.05) is 0 Å². The highest BCUT2D eigenvalue weighted by Gasteiger charge is 3.10. The zero-order chi connectivity index (χ0) is 26.5. The molecular weight excluding hydrogens is 470 g/mol. The molecule has 0 amide bonds. The molecule has 2 saturated heterocycles. The van der Waals surface area contributed by atoms with Gasteiger partial charge in [0.15, 0.2) is 17.5 Å². The summed E-state index contributed by atoms with van der Waals surface area (Å²) in [5.41, 5.74) is -15.3. The maximum absolute atomic E-state index is 13.3. The van der Waals surface area contributed by atoms with Gasteiger partial charge < -0.3 is 40.1 Å². The first-order chi connectivity index (χ1) is 16.5. The Hall–Kier alpha value is -1.66. The van der Waals surface area contributed by atoms with Crippen molar-refractivity contribution in [2.45, 2.75) is 99.9 Å². The SMILES string of the molecule is CC(C)[C@@]1(O)C(OC(=O)c2cccnc2)[C@@]2(O)[C@@]3(C)C[C@]4(O)O[C@@]5([C@H](O)[C@@H](C)CC[C@]35O)[C@@]2(O)[C@]14C. The van der Waals surface area contributed by atoms with Crippen molar-refractivity contribution >= 4 is 5.97 Å². The molecule has 1 spiro atoms. The van der Waals surface area contributed by atoms with Crippen LogP contribution < -0.4 is 0 Å². The normalized spacial score (nSPS) is 58.4. The van der Waals surface area contributed by atoms with Gasteiger partial charge in [0.05, 0.1) is 17.1 Å². The van der Waals surface area contributed by atoms with Gasteiger partial charge in [-0.15, -0.1) is 0 Å². The quantitative estimate of drug-likeness (QED) is 0.304. The number of hydrogen-bond donors (Lipinski definition) is 6. The molecule has 10 nitrogen and oxygen atoms in total. The molecule has 0 aromatic carbocycles. The van der Waals surface area contributed by atoms with Crippen LogP contribution in [0.3, 0.4) is 0 Å². The highest BCUT2D eigenvalue weighted by atomic mass is 16.7. The summed E-state index contributed by atoms with van der Waals surface area (Å²) >= 11 is 0. The number of carbonyl (C=O) groups is 1. The molecule has 0 radical (unpaired) electrons. The molecule has 198 valence electrons. The molecule has 6 bridgehead atoms. The smallest absolute Gasteiger partial charge is 0.340 e. The first-order valence-electron chi connectivity index (χ1n) is 12.6. The number of hydrogen-bond acceptors (Lipinski definition) is 10. The van der Waals surface area contributed by atoms with Crippen LogP contribution in [-0.2, 0) is 9.47 Å². The van der Waals surface area contributed by atoms with Crippen molar-refractivity contribution < 1.29 is 44.9 Å². The summed E-state index contributed by atoms with van der Waals surface area (Å²) in [6.45, 7) is 7.89. The molecule has 4 saturated carbocycles. The minimum absolute atomic E-state index is 0.0574. The number of rotatable bonds is 3. The second-order valence-corrected chi connectivity index (χ2v) is 12.6. The number of pyridine rings is 1. The number of carbonyl (C=O) groups excluding carboxylic acids is 1. The van der Waals surface area contributed by atoms with Crippen LogP contribution >= 0.6 is 0 Å². The fourth-order valence-corrected chi connectivity index (χ4v) is 9.59. The van der Waals surface area contributed by atoms with E-state index < -0.39 is 74.6 Å². The molecule has 11 atom stereocenters. The van der Waals surface area contributed by atoms with Crippen LogP contribution in [0.15, 0.2) is 24.5 Å². The second-order valence-electron chi connectivity index (χ2n) is 12.6. The lowest BCUT2D eigenvalue weighted by Gasteiger charge is -2.60. The summed E-state index contributed by atoms with van der Waals surface area (Å²) in [7, 11) is 0. The largest absolute Gasteiger partial charge is 0.452 e. The fraction of sp³-hybridized carbons (Fsp3) is 0.769. The third kappa shape index (κ3) is 1.81. The zero-order valence-electron chi connectivity index (χ0n) is 21.1. The average molecular weight is 506 g/mol. The first-order valence-corrected chi connectivity index (χ1v) is 12.6. The lowest BCUT2D eigenvalue weighted by atomic mass is 9.52. The van der Waals surface area contributed by atoms with E-state index in [0.29, 0.717) is 6.42 Å². The average Bonchev–Trinajstić information content (AvgIpc) is 3.06. The van der Waals surface area contributed by atoms with Gasteiger partial charge in [0, 0.05) is 24.2 Å². The summed E-state index contributed by atoms with van der Waals surface area (Å²) in [6.07, 6.45) is -0.455. The van der Waals surface area contributed by atoms with Gasteiger partial charge in [-0.2, -0.15) is 0 Å². The summed E-state index contributed by atoms with van der Waals surface area (Å²) in [4.78, 5) is 17.2. The molecule has 2 aliphatic heterocycles. The number of aromatic nitrogens is 1. The Bertz CT molecular complexity index is 1170. The van der Waals surface area contributed by atoms with Gasteiger partial charge in [-0.25, -0.2) is 4.79 Å². The van der Waals surface area contributed by atoms with Crippen LogP contribution in [0.4, 0.5) is 0 Å². The van der Waals surface area contributed by atoms with E-state index in [2.05, 4.69) is 4.98 Å². The van der Waals surface area contributed by atoms with Gasteiger partial charge in [-0.05, 0) is 43.7 Å². The van der Waals surface area contributed by atoms with Crippen molar-refractivity contribution in [1.82, 2.24) is 4.98 Å². The molecule has 6 aliphatic rings. The molecule has 1 aromatic heterocycles. The van der Waals surface area contributed by atoms with Gasteiger partial charge in [0.2, 0.25) is 0 Å². The summed E-state index contributed by atoms with van der Waals surface area (Å²) < 4.78 is 12.1. The highest BCUT2D eigenvalue weighted by Crippen LogP contribution is 2.90. The first kappa shape index (κ1) is 24.7. The Morgan fingerprint density at radius 1 is 1.19 bits per heavy atom. The van der Waals surface area contributed by atoms with Gasteiger partial charge in [0.25, 0.3) is 0 Å². The van der Waals surface area contributed by atoms with Crippen molar-refractivity contribution in [3.05, 3.63) is 30.1 Å². The topological polar surface area (TPSA) is 170 Å². The van der Waals surface area contributed by atoms with E-state index in [9.17, 15) is 35.4 Å². The predicted molar refractivity (Wildman–Crippen MR) is 122 cm³/mol. The van der Waals surface area contributed by atoms with Crippen molar-refractivity contribution in [3.63, 3.8) is 0 Å². The lowest BCUT2D eigenvalue weighted by molar-refractivity contribution is -0.390. The van der Waals surface area contributed by atoms with Gasteiger partial charge >= 0.3 is 5.97 Å². The Morgan fingerprint density at radius 3 is 2.44 bits per heavy atom. The lowest BCUT2D eigenvalue weighted by Crippen LogP contribution is -2.75. The van der Waals surface area contributed by atoms with Gasteiger partial charge in [0.1, 0.15) is 22.4 Å². The molecule has 1 aromatic rings. The standard InChI is InChI=1S/C26H35NO9/c1-13(2)23(32)18(35-17(29)15-7-6-10-27-11-15)24(33)19(4)12-22(31)20(23,5)26(24,34)25(36-22)16(28)14(3)8-9-21(19,25)30/h6-7,10-11,13-14,16,18,28,30-34H,8-9,12H2,1-5H3/t14-,16+,18?,19-,20-,21-,22-,23+,24+,25+,26+/m0/s1. The Kier molecular flexibility index (Phi) is 4.32. The molecule has 36 heavy (non-hydrogen) atoms. The molecular formula is C26H35NO9. The number of ether oxygens (including phenoxy) is 2. The van der Waals surface area contributed by atoms with Crippen molar-refractivity contribution in [2.24, 2.45) is 22.7 Å². The van der Waals surface area contributed by atoms with Crippen molar-refractivity contribution in [1.29, 1.82) is 0 Å². The van der Waals surface area contributed by atoms with E-state index >= 15 is 0 Å². The number of nitrogens with zero attached hydrogens (tertiary/aromatic N) is 1. The molecule has 7 rings (SSSR count). The van der Waals surface area contributed by atoms with E-state index in [1.54, 1.807) is 20.8 Å². The molecule has 10 heteroatoms. The summed E-state index contributed by atoms with van der Waals surface area (Å²) in [6, 6.07) is 3.00. The van der Waals surface area contributed by atoms with Crippen LogP contribution in [0.2, 0.25) is 0 Å². The summed E-state index contributed by atoms with van der Waals surface area (Å²) in [5.74, 6) is -4.39. The van der Waals surface area contributed by atoms with E-state index in [-0.39, 0.29) is 18.4 Å². The van der Waals surface area contributed by atoms with E-state index in [4.69, 9.17) is 9.47 Å². The third-order valence-corrected chi connectivity index (χ3v) is 11.4. The fourth-order valence-electron chi connectivity index (χ4n) is 9.59. The van der Waals surface area contributed by atoms with Crippen molar-refractivity contribution in [3.8, 4) is 0 Å². The van der Waals surface area contributed by atoms with Crippen LogP contribution in [0.5, 0.6) is 0 Å². The minimum atomic E-state index is -2.60. The van der Waals surface area contributed by atoms with E-state index in [1.165, 1.54) is 38.4 Å². The van der Waals surface area contributed by atoms with Crippen LogP contribution in [0, 0.1) is 22.7 Å². The van der Waals surface area contributed by atoms with Gasteiger partial charge in [-0.3, -0.25) is 4.98 Å². The van der Waals surface area contributed by atoms with Crippen LogP contribution in [-0.4, -0.2) is 87.6 Å². The number of esters is 1. The third-order valence-electron chi connectivity index (χ3n) is 11.4. The van der Waals surface area contributed by atoms with Crippen molar-refractivity contribution in [2.75, 3.05) is 0 Å². The monoisotopic (exact) mass is 505 g/mol. The molecule has 6 fully saturated rings. The molecule has 4 aliphatic carbocycles. The Balaban J connectivity index is 1.67. The highest BCUT2D eigenvalue weighted by molar-refractivity contribution is 5.89. The number of aliphatic hydroxyl groups is 6. The zero-order valence-corrected chi connectivity index (χ0v) is 21.1. The predicted octanol–water partition coefficient (Wildman–Crippen LogP) is -0.121. The molecule has 3 heterocycles. The van der Waals surface area contributed by atoms with Gasteiger partial charge in [-0.1, -0.05) is 27.7 Å². The number of aliphatic hydroxyl groups excluding tert-OH is 1. The molecule has 6 N–H and O–H groups in total. The maximum Gasteiger partial charge on any atom is 0.340 e. The Morgan fingerprint density at radius 2 is 1.86 bits per heavy atom. The minimum Gasteiger partial charge on any atom is -0.452 e. The van der Waals surface area contributed by atoms with E-state index in [0.717, 1.165) is 0 Å². The summed E-state index contributed by atoms with van der Waals surface area (Å²) in [5, 5.41) is 74.1. The van der Waals surface area contributed by atoms with Crippen LogP contribution in [0.25, 0.3) is 0 Å². The Labute approximate surface area is 208 Å². The molecule has 1 unspecified atom stereocenters.